The quantitative estimate of drug-likeness (QED) is 0.388. The number of carboxylic acids is 1. The van der Waals surface area contributed by atoms with Crippen molar-refractivity contribution < 1.29 is 24.2 Å². The number of aryl methyl sites for hydroxylation is 1. The second kappa shape index (κ2) is 11.3. The van der Waals surface area contributed by atoms with Gasteiger partial charge < -0.3 is 19.9 Å². The Hall–Kier alpha value is -3.19. The van der Waals surface area contributed by atoms with Crippen LogP contribution in [0, 0.1) is 5.92 Å². The summed E-state index contributed by atoms with van der Waals surface area (Å²) in [7, 11) is 0. The maximum absolute atomic E-state index is 12.8. The van der Waals surface area contributed by atoms with Gasteiger partial charge in [0, 0.05) is 6.42 Å². The Balaban J connectivity index is 1.47. The highest BCUT2D eigenvalue weighted by molar-refractivity contribution is 5.91. The predicted octanol–water partition coefficient (Wildman–Crippen LogP) is 5.04. The van der Waals surface area contributed by atoms with E-state index in [0.717, 1.165) is 12.0 Å². The van der Waals surface area contributed by atoms with Crippen LogP contribution in [0.5, 0.6) is 0 Å². The lowest BCUT2D eigenvalue weighted by Gasteiger charge is -2.24. The number of nitrogens with zero attached hydrogens (tertiary/aromatic N) is 1. The predicted molar refractivity (Wildman–Crippen MR) is 128 cm³/mol. The molecule has 1 fully saturated rings. The number of aliphatic hydroxyl groups excluding tert-OH is 1. The molecule has 1 saturated carbocycles. The average Bonchev–Trinajstić information content (AvgIpc) is 3.29. The first kappa shape index (κ1) is 24.0. The second-order valence-corrected chi connectivity index (χ2v) is 9.23. The van der Waals surface area contributed by atoms with Crippen molar-refractivity contribution in [1.29, 1.82) is 0 Å². The number of hydrogen-bond acceptors (Lipinski definition) is 5. The number of carbonyl (C=O) groups is 2. The molecule has 1 aliphatic carbocycles. The lowest BCUT2D eigenvalue weighted by molar-refractivity contribution is -0.123. The monoisotopic (exact) mass is 464 g/mol. The van der Waals surface area contributed by atoms with Crippen LogP contribution in [0.4, 0.5) is 0 Å². The van der Waals surface area contributed by atoms with Gasteiger partial charge in [-0.1, -0.05) is 62.4 Å². The van der Waals surface area contributed by atoms with E-state index in [1.807, 2.05) is 30.3 Å². The minimum atomic E-state index is -1.15. The number of aromatic carboxylic acids is 1. The normalized spacial score (nSPS) is 16.3. The molecule has 7 heteroatoms. The van der Waals surface area contributed by atoms with Gasteiger partial charge in [0.05, 0.1) is 11.6 Å². The maximum Gasteiger partial charge on any atom is 0.335 e. The van der Waals surface area contributed by atoms with Crippen molar-refractivity contribution in [2.24, 2.45) is 5.92 Å². The second-order valence-electron chi connectivity index (χ2n) is 9.23. The van der Waals surface area contributed by atoms with Crippen molar-refractivity contribution >= 4 is 23.0 Å². The van der Waals surface area contributed by atoms with Gasteiger partial charge >= 0.3 is 5.97 Å². The third-order valence-electron chi connectivity index (χ3n) is 6.72. The fraction of sp³-hybridized carbons (Fsp3) is 0.444. The Morgan fingerprint density at radius 1 is 1.09 bits per heavy atom. The molecule has 1 amide bonds. The summed E-state index contributed by atoms with van der Waals surface area (Å²) in [5.41, 5.74) is 1.95. The number of carboxylic acid groups (broad SMARTS) is 1. The molecule has 0 saturated heterocycles. The Labute approximate surface area is 199 Å². The molecule has 0 aliphatic heterocycles. The molecule has 3 aromatic rings. The first-order valence-corrected chi connectivity index (χ1v) is 12.1. The van der Waals surface area contributed by atoms with Gasteiger partial charge in [-0.15, -0.1) is 0 Å². The molecule has 1 aromatic heterocycles. The minimum absolute atomic E-state index is 0.0724. The van der Waals surface area contributed by atoms with Gasteiger partial charge in [0.25, 0.3) is 0 Å². The summed E-state index contributed by atoms with van der Waals surface area (Å²) >= 11 is 0. The van der Waals surface area contributed by atoms with Crippen LogP contribution in [0.15, 0.2) is 52.9 Å². The van der Waals surface area contributed by atoms with Crippen LogP contribution in [-0.4, -0.2) is 33.1 Å². The van der Waals surface area contributed by atoms with Gasteiger partial charge in [0.15, 0.2) is 11.7 Å². The van der Waals surface area contributed by atoms with Crippen molar-refractivity contribution in [1.82, 2.24) is 10.3 Å². The smallest absolute Gasteiger partial charge is 0.335 e. The number of amides is 1. The highest BCUT2D eigenvalue weighted by Crippen LogP contribution is 2.28. The van der Waals surface area contributed by atoms with E-state index in [2.05, 4.69) is 10.3 Å². The van der Waals surface area contributed by atoms with Crippen LogP contribution in [0.2, 0.25) is 0 Å². The van der Waals surface area contributed by atoms with E-state index in [1.54, 1.807) is 6.07 Å². The summed E-state index contributed by atoms with van der Waals surface area (Å²) in [6.45, 7) is 0. The third-order valence-corrected chi connectivity index (χ3v) is 6.72. The van der Waals surface area contributed by atoms with Crippen molar-refractivity contribution in [2.45, 2.75) is 69.9 Å². The van der Waals surface area contributed by atoms with Crippen LogP contribution in [0.1, 0.15) is 79.3 Å². The molecule has 7 nitrogen and oxygen atoms in total. The summed E-state index contributed by atoms with van der Waals surface area (Å²) in [5.74, 6) is -0.464. The lowest BCUT2D eigenvalue weighted by atomic mass is 9.86. The zero-order chi connectivity index (χ0) is 23.9. The van der Waals surface area contributed by atoms with Crippen LogP contribution in [0.3, 0.4) is 0 Å². The summed E-state index contributed by atoms with van der Waals surface area (Å²) in [4.78, 5) is 28.4. The number of carbonyl (C=O) groups excluding carboxylic acids is 1. The zero-order valence-electron chi connectivity index (χ0n) is 19.3. The van der Waals surface area contributed by atoms with Gasteiger partial charge in [-0.25, -0.2) is 9.78 Å². The van der Waals surface area contributed by atoms with E-state index in [-0.39, 0.29) is 17.4 Å². The van der Waals surface area contributed by atoms with Crippen molar-refractivity contribution in [3.05, 3.63) is 65.5 Å². The summed E-state index contributed by atoms with van der Waals surface area (Å²) in [6, 6.07) is 13.7. The zero-order valence-corrected chi connectivity index (χ0v) is 19.3. The van der Waals surface area contributed by atoms with Crippen molar-refractivity contribution in [3.8, 4) is 0 Å². The van der Waals surface area contributed by atoms with Gasteiger partial charge in [0.2, 0.25) is 11.8 Å². The highest BCUT2D eigenvalue weighted by atomic mass is 16.4. The average molecular weight is 465 g/mol. The van der Waals surface area contributed by atoms with Crippen molar-refractivity contribution in [2.75, 3.05) is 0 Å². The number of rotatable bonds is 10. The Kier molecular flexibility index (Phi) is 7.95. The fourth-order valence-corrected chi connectivity index (χ4v) is 4.74. The number of fused-ring (bicyclic) bond motifs is 1. The maximum atomic E-state index is 12.8. The SMILES string of the molecule is O=C(CCC1CCCCC1)N[C@@H](CCc1ccccc1)C(O)c1nc2ccc(C(=O)O)cc2o1. The first-order chi connectivity index (χ1) is 16.5. The van der Waals surface area contributed by atoms with Crippen molar-refractivity contribution in [3.63, 3.8) is 0 Å². The van der Waals surface area contributed by atoms with Gasteiger partial charge in [-0.3, -0.25) is 4.79 Å². The topological polar surface area (TPSA) is 113 Å². The standard InChI is InChI=1S/C27H32N2O5/c30-24(16-12-19-9-5-2-6-10-19)28-22(14-11-18-7-3-1-4-8-18)25(31)26-29-21-15-13-20(27(32)33)17-23(21)34-26/h1,3-4,7-8,13,15,17,19,22,25,31H,2,5-6,9-12,14,16H2,(H,28,30)(H,32,33)/t22-,25?/m0/s1. The molecule has 2 aromatic carbocycles. The van der Waals surface area contributed by atoms with Crippen LogP contribution in [-0.2, 0) is 11.2 Å². The van der Waals surface area contributed by atoms with Crippen LogP contribution < -0.4 is 5.32 Å². The lowest BCUT2D eigenvalue weighted by Crippen LogP contribution is -2.40. The molecular weight excluding hydrogens is 432 g/mol. The Morgan fingerprint density at radius 2 is 1.85 bits per heavy atom. The number of benzene rings is 2. The van der Waals surface area contributed by atoms with E-state index in [9.17, 15) is 19.8 Å². The molecule has 0 radical (unpaired) electrons. The molecular formula is C27H32N2O5. The largest absolute Gasteiger partial charge is 0.478 e. The minimum Gasteiger partial charge on any atom is -0.478 e. The summed E-state index contributed by atoms with van der Waals surface area (Å²) < 4.78 is 5.71. The molecule has 34 heavy (non-hydrogen) atoms. The number of nitrogens with one attached hydrogen (secondary N) is 1. The Bertz CT molecular complexity index is 1100. The summed E-state index contributed by atoms with van der Waals surface area (Å²) in [5, 5.41) is 23.3. The highest BCUT2D eigenvalue weighted by Gasteiger charge is 2.28. The third kappa shape index (κ3) is 6.23. The van der Waals surface area contributed by atoms with Gasteiger partial charge in [0.1, 0.15) is 5.52 Å². The molecule has 0 bridgehead atoms. The van der Waals surface area contributed by atoms with E-state index >= 15 is 0 Å². The van der Waals surface area contributed by atoms with Gasteiger partial charge in [-0.2, -0.15) is 0 Å². The molecule has 3 N–H and O–H groups in total. The van der Waals surface area contributed by atoms with E-state index < -0.39 is 18.1 Å². The fourth-order valence-electron chi connectivity index (χ4n) is 4.74. The van der Waals surface area contributed by atoms with Crippen LogP contribution in [0.25, 0.3) is 11.1 Å². The number of aromatic nitrogens is 1. The van der Waals surface area contributed by atoms with Crippen LogP contribution >= 0.6 is 0 Å². The number of oxazole rings is 1. The molecule has 1 heterocycles. The summed E-state index contributed by atoms with van der Waals surface area (Å²) in [6.07, 6.45) is 7.50. The van der Waals surface area contributed by atoms with E-state index in [0.29, 0.717) is 36.3 Å². The van der Waals surface area contributed by atoms with Gasteiger partial charge in [-0.05, 0) is 48.9 Å². The number of hydrogen-bond donors (Lipinski definition) is 3. The number of aliphatic hydroxyl groups is 1. The molecule has 1 unspecified atom stereocenters. The first-order valence-electron chi connectivity index (χ1n) is 12.1. The molecule has 180 valence electrons. The molecule has 4 rings (SSSR count). The molecule has 0 spiro atoms. The van der Waals surface area contributed by atoms with E-state index in [1.165, 1.54) is 44.2 Å². The molecule has 1 aliphatic rings. The molecule has 2 atom stereocenters. The van der Waals surface area contributed by atoms with E-state index in [4.69, 9.17) is 4.42 Å². The Morgan fingerprint density at radius 3 is 2.59 bits per heavy atom.